The van der Waals surface area contributed by atoms with E-state index in [0.29, 0.717) is 17.4 Å². The molecule has 0 bridgehead atoms. The minimum atomic E-state index is -4.66. The maximum atomic E-state index is 12.9. The second-order valence-corrected chi connectivity index (χ2v) is 25.9. The molecule has 0 rings (SSSR count). The summed E-state index contributed by atoms with van der Waals surface area (Å²) in [6.07, 6.45) is 99.2. The van der Waals surface area contributed by atoms with Crippen molar-refractivity contribution in [2.45, 2.75) is 290 Å². The Kier molecular flexibility index (Phi) is 64.1. The van der Waals surface area contributed by atoms with Crippen molar-refractivity contribution >= 4 is 19.8 Å². The number of hydrogen-bond donors (Lipinski definition) is 0. The number of carbonyl (C=O) groups is 2. The number of quaternary nitrogens is 1. The largest absolute Gasteiger partial charge is 0.756 e. The van der Waals surface area contributed by atoms with Crippen molar-refractivity contribution < 1.29 is 42.1 Å². The van der Waals surface area contributed by atoms with E-state index in [9.17, 15) is 19.0 Å². The molecule has 0 aromatic heterocycles. The van der Waals surface area contributed by atoms with Crippen LogP contribution >= 0.6 is 7.82 Å². The number of nitrogens with zero attached hydrogens (tertiary/aromatic N) is 1. The number of ether oxygens (including phenoxy) is 2. The fourth-order valence-electron chi connectivity index (χ4n) is 9.42. The van der Waals surface area contributed by atoms with Gasteiger partial charge < -0.3 is 27.9 Å². The van der Waals surface area contributed by atoms with Gasteiger partial charge in [-0.25, -0.2) is 0 Å². The normalized spacial score (nSPS) is 14.0. The number of phosphoric ester groups is 1. The van der Waals surface area contributed by atoms with Gasteiger partial charge in [0.05, 0.1) is 27.7 Å². The molecule has 0 aromatic carbocycles. The Morgan fingerprint density at radius 2 is 0.648 bits per heavy atom. The summed E-state index contributed by atoms with van der Waals surface area (Å²) in [5.74, 6) is -0.853. The van der Waals surface area contributed by atoms with E-state index in [1.807, 2.05) is 21.1 Å². The Balaban J connectivity index is 4.14. The van der Waals surface area contributed by atoms with Crippen LogP contribution in [0.5, 0.6) is 0 Å². The zero-order chi connectivity index (χ0) is 64.1. The molecule has 9 nitrogen and oxygen atoms in total. The van der Waals surface area contributed by atoms with E-state index >= 15 is 0 Å². The van der Waals surface area contributed by atoms with Crippen LogP contribution in [-0.2, 0) is 32.7 Å². The molecule has 2 atom stereocenters. The number of hydrogen-bond acceptors (Lipinski definition) is 8. The van der Waals surface area contributed by atoms with E-state index in [4.69, 9.17) is 18.5 Å². The fraction of sp³-hybridized carbons (Fsp3) is 0.667. The van der Waals surface area contributed by atoms with Crippen LogP contribution in [0.3, 0.4) is 0 Å². The van der Waals surface area contributed by atoms with Crippen LogP contribution in [0.4, 0.5) is 0 Å². The molecular weight excluding hydrogens is 1110 g/mol. The van der Waals surface area contributed by atoms with Crippen molar-refractivity contribution in [3.63, 3.8) is 0 Å². The Morgan fingerprint density at radius 1 is 0.364 bits per heavy atom. The highest BCUT2D eigenvalue weighted by molar-refractivity contribution is 7.45. The lowest BCUT2D eigenvalue weighted by Gasteiger charge is -2.28. The van der Waals surface area contributed by atoms with Crippen molar-refractivity contribution in [2.75, 3.05) is 47.5 Å². The van der Waals surface area contributed by atoms with Gasteiger partial charge in [-0.15, -0.1) is 0 Å². The molecule has 0 fully saturated rings. The minimum absolute atomic E-state index is 0.0406. The van der Waals surface area contributed by atoms with E-state index in [1.54, 1.807) is 0 Å². The lowest BCUT2D eigenvalue weighted by atomic mass is 10.0. The van der Waals surface area contributed by atoms with Gasteiger partial charge in [0.2, 0.25) is 0 Å². The van der Waals surface area contributed by atoms with Gasteiger partial charge in [0.15, 0.2) is 6.10 Å². The van der Waals surface area contributed by atoms with Gasteiger partial charge in [-0.05, 0) is 122 Å². The zero-order valence-corrected chi connectivity index (χ0v) is 58.0. The van der Waals surface area contributed by atoms with Crippen LogP contribution in [0.2, 0.25) is 0 Å². The van der Waals surface area contributed by atoms with Crippen LogP contribution in [0, 0.1) is 0 Å². The molecule has 0 saturated heterocycles. The molecule has 0 aliphatic rings. The molecule has 2 unspecified atom stereocenters. The molecule has 10 heteroatoms. The maximum absolute atomic E-state index is 12.9. The van der Waals surface area contributed by atoms with Crippen LogP contribution in [0.25, 0.3) is 0 Å². The number of likely N-dealkylation sites (N-methyl/N-ethyl adjacent to an activating group) is 1. The summed E-state index contributed by atoms with van der Waals surface area (Å²) in [6, 6.07) is 0. The Hall–Kier alpha value is -4.11. The predicted octanol–water partition coefficient (Wildman–Crippen LogP) is 22.7. The summed E-state index contributed by atoms with van der Waals surface area (Å²) in [7, 11) is 1.14. The summed E-state index contributed by atoms with van der Waals surface area (Å²) >= 11 is 0. The fourth-order valence-corrected chi connectivity index (χ4v) is 10.2. The van der Waals surface area contributed by atoms with Crippen LogP contribution in [-0.4, -0.2) is 70.0 Å². The number of esters is 2. The molecule has 0 heterocycles. The molecule has 0 aliphatic carbocycles. The Bertz CT molecular complexity index is 2000. The Morgan fingerprint density at radius 3 is 0.966 bits per heavy atom. The average molecular weight is 1240 g/mol. The Labute approximate surface area is 542 Å². The first-order chi connectivity index (χ1) is 43.0. The third-order valence-electron chi connectivity index (χ3n) is 14.8. The molecule has 0 aliphatic heterocycles. The van der Waals surface area contributed by atoms with Crippen molar-refractivity contribution in [1.82, 2.24) is 0 Å². The number of carbonyl (C=O) groups excluding carboxylic acids is 2. The van der Waals surface area contributed by atoms with Gasteiger partial charge in [0.1, 0.15) is 19.8 Å². The lowest BCUT2D eigenvalue weighted by molar-refractivity contribution is -0.870. The standard InChI is InChI=1S/C78H132NO8P/c1-6-8-10-12-14-16-18-20-22-24-26-28-30-32-34-35-36-37-38-39-40-41-42-43-45-47-49-51-53-55-57-59-61-63-65-67-69-71-78(81)87-76(75-86-88(82,83)85-73-72-79(3,4)5)74-84-77(80)70-68-66-64-62-60-58-56-54-52-50-48-46-44-33-31-29-27-25-23-21-19-17-15-13-11-9-7-2/h8,10,14,16,19-22,25-28,32,34,36-37,39-40,42-43,47,49,53,55,76H,6-7,9,11-13,15,17-18,23-24,29-31,33,35,38,41,44-46,48,50-52,54,56-75H2,1-5H3/b10-8-,16-14-,21-19-,22-20-,27-25-,28-26-,34-32-,37-36-,40-39-,43-42-,49-47-,55-53-. The van der Waals surface area contributed by atoms with Gasteiger partial charge in [0.25, 0.3) is 7.82 Å². The highest BCUT2D eigenvalue weighted by Gasteiger charge is 2.22. The van der Waals surface area contributed by atoms with Crippen molar-refractivity contribution in [1.29, 1.82) is 0 Å². The summed E-state index contributed by atoms with van der Waals surface area (Å²) in [6.45, 7) is 4.10. The molecule has 502 valence electrons. The van der Waals surface area contributed by atoms with Crippen LogP contribution in [0.15, 0.2) is 146 Å². The van der Waals surface area contributed by atoms with E-state index in [1.165, 1.54) is 122 Å². The number of rotatable bonds is 64. The molecule has 0 spiro atoms. The van der Waals surface area contributed by atoms with Crippen LogP contribution < -0.4 is 4.89 Å². The summed E-state index contributed by atoms with van der Waals surface area (Å²) in [5, 5.41) is 0. The average Bonchev–Trinajstić information content (AvgIpc) is 3.68. The van der Waals surface area contributed by atoms with Gasteiger partial charge in [0, 0.05) is 12.8 Å². The lowest BCUT2D eigenvalue weighted by Crippen LogP contribution is -2.37. The van der Waals surface area contributed by atoms with Crippen molar-refractivity contribution in [2.24, 2.45) is 0 Å². The second kappa shape index (κ2) is 67.3. The summed E-state index contributed by atoms with van der Waals surface area (Å²) in [4.78, 5) is 38.1. The van der Waals surface area contributed by atoms with Gasteiger partial charge in [-0.2, -0.15) is 0 Å². The van der Waals surface area contributed by atoms with Gasteiger partial charge in [-0.3, -0.25) is 14.2 Å². The smallest absolute Gasteiger partial charge is 0.306 e. The number of unbranched alkanes of at least 4 members (excludes halogenated alkanes) is 26. The highest BCUT2D eigenvalue weighted by atomic mass is 31.2. The zero-order valence-electron chi connectivity index (χ0n) is 57.1. The topological polar surface area (TPSA) is 111 Å². The molecule has 0 aromatic rings. The monoisotopic (exact) mass is 1240 g/mol. The first kappa shape index (κ1) is 83.9. The molecule has 88 heavy (non-hydrogen) atoms. The van der Waals surface area contributed by atoms with Gasteiger partial charge >= 0.3 is 11.9 Å². The molecule has 0 amide bonds. The number of allylic oxidation sites excluding steroid dienone is 24. The molecular formula is C78H132NO8P. The van der Waals surface area contributed by atoms with E-state index in [0.717, 1.165) is 128 Å². The van der Waals surface area contributed by atoms with Crippen molar-refractivity contribution in [3.8, 4) is 0 Å². The summed E-state index contributed by atoms with van der Waals surface area (Å²) in [5.41, 5.74) is 0. The highest BCUT2D eigenvalue weighted by Crippen LogP contribution is 2.38. The third kappa shape index (κ3) is 71.0. The predicted molar refractivity (Wildman–Crippen MR) is 378 cm³/mol. The molecule has 0 saturated carbocycles. The summed E-state index contributed by atoms with van der Waals surface area (Å²) < 4.78 is 34.3. The van der Waals surface area contributed by atoms with Crippen molar-refractivity contribution in [3.05, 3.63) is 146 Å². The van der Waals surface area contributed by atoms with Gasteiger partial charge in [-0.1, -0.05) is 295 Å². The first-order valence-corrected chi connectivity index (χ1v) is 37.0. The number of phosphoric acid groups is 1. The van der Waals surface area contributed by atoms with E-state index in [2.05, 4.69) is 160 Å². The quantitative estimate of drug-likeness (QED) is 0.0195. The van der Waals surface area contributed by atoms with Crippen LogP contribution in [0.1, 0.15) is 284 Å². The third-order valence-corrected chi connectivity index (χ3v) is 15.8. The maximum Gasteiger partial charge on any atom is 0.306 e. The SMILES string of the molecule is CC/C=C\C/C=C\C/C=C\C/C=C\C/C=C\C/C=C\C/C=C\C/C=C\C/C=C\C/C=C\CCCCCCCCC(=O)OC(COC(=O)CCCCCCCCCCCCCCCCC/C=C\C/C=C\CCCCCCC)COP(=O)([O-])OCC[N+](C)(C)C. The molecule has 0 radical (unpaired) electrons. The molecule has 0 N–H and O–H groups in total. The minimum Gasteiger partial charge on any atom is -0.756 e. The van der Waals surface area contributed by atoms with E-state index < -0.39 is 26.5 Å². The first-order valence-electron chi connectivity index (χ1n) is 35.5. The van der Waals surface area contributed by atoms with E-state index in [-0.39, 0.29) is 32.0 Å². The second-order valence-electron chi connectivity index (χ2n) is 24.5.